The van der Waals surface area contributed by atoms with Crippen molar-refractivity contribution in [2.75, 3.05) is 0 Å². The van der Waals surface area contributed by atoms with E-state index in [4.69, 9.17) is 4.89 Å². The molecule has 2 nitrogen and oxygen atoms in total. The molecular formula is C16H17O2P. The number of hydrogen-bond donors (Lipinski definition) is 1. The molecule has 1 aromatic rings. The second-order valence-electron chi connectivity index (χ2n) is 4.77. The number of aryl methyl sites for hydroxylation is 1. The molecule has 2 aliphatic rings. The van der Waals surface area contributed by atoms with Crippen LogP contribution in [0.5, 0.6) is 0 Å². The molecule has 2 aliphatic carbocycles. The highest BCUT2D eigenvalue weighted by Gasteiger charge is 2.24. The molecule has 0 radical (unpaired) electrons. The summed E-state index contributed by atoms with van der Waals surface area (Å²) >= 11 is 0. The summed E-state index contributed by atoms with van der Waals surface area (Å²) in [5.74, 6) is 0.161. The van der Waals surface area contributed by atoms with E-state index in [9.17, 15) is 4.79 Å². The molecular weight excluding hydrogens is 255 g/mol. The molecule has 3 heteroatoms. The SMILES string of the molecule is Cc1ccc(C(=O)c2cc3ccc2-3)c(C)c1C.OP. The Morgan fingerprint density at radius 1 is 0.947 bits per heavy atom. The third-order valence-corrected chi connectivity index (χ3v) is 3.88. The van der Waals surface area contributed by atoms with E-state index in [-0.39, 0.29) is 5.78 Å². The van der Waals surface area contributed by atoms with E-state index in [1.165, 1.54) is 26.2 Å². The number of carbonyl (C=O) groups excluding carboxylic acids is 1. The maximum Gasteiger partial charge on any atom is 0.193 e. The molecule has 1 atom stereocenters. The minimum atomic E-state index is 0.161. The van der Waals surface area contributed by atoms with Crippen molar-refractivity contribution >= 4 is 15.2 Å². The van der Waals surface area contributed by atoms with Crippen molar-refractivity contribution in [3.8, 4) is 11.1 Å². The molecule has 0 aromatic heterocycles. The Balaban J connectivity index is 0.000000637. The van der Waals surface area contributed by atoms with E-state index >= 15 is 0 Å². The van der Waals surface area contributed by atoms with E-state index in [1.54, 1.807) is 0 Å². The molecule has 1 N–H and O–H groups in total. The maximum atomic E-state index is 12.4. The van der Waals surface area contributed by atoms with Gasteiger partial charge in [0.2, 0.25) is 0 Å². The van der Waals surface area contributed by atoms with Gasteiger partial charge < -0.3 is 4.89 Å². The largest absolute Gasteiger partial charge is 0.380 e. The van der Waals surface area contributed by atoms with Crippen LogP contribution in [0.15, 0.2) is 30.3 Å². The van der Waals surface area contributed by atoms with Gasteiger partial charge in [-0.05, 0) is 64.1 Å². The number of fused-ring (bicyclic) bond motifs is 1. The number of carbonyl (C=O) groups is 1. The van der Waals surface area contributed by atoms with E-state index in [0.29, 0.717) is 0 Å². The Morgan fingerprint density at radius 2 is 1.63 bits per heavy atom. The highest BCUT2D eigenvalue weighted by atomic mass is 31.0. The Kier molecular flexibility index (Phi) is 3.84. The Morgan fingerprint density at radius 3 is 2.11 bits per heavy atom. The first-order valence-corrected chi connectivity index (χ1v) is 6.63. The van der Waals surface area contributed by atoms with Crippen molar-refractivity contribution < 1.29 is 9.69 Å². The second kappa shape index (κ2) is 5.24. The van der Waals surface area contributed by atoms with Gasteiger partial charge in [0, 0.05) is 11.1 Å². The van der Waals surface area contributed by atoms with Gasteiger partial charge in [0.1, 0.15) is 0 Å². The highest BCUT2D eigenvalue weighted by molar-refractivity contribution is 7.08. The molecule has 0 saturated heterocycles. The van der Waals surface area contributed by atoms with Crippen LogP contribution < -0.4 is 0 Å². The average Bonchev–Trinajstić information content (AvgIpc) is 2.41. The van der Waals surface area contributed by atoms with Crippen molar-refractivity contribution in [3.63, 3.8) is 0 Å². The molecule has 0 saturated carbocycles. The van der Waals surface area contributed by atoms with Crippen LogP contribution in [0.25, 0.3) is 11.1 Å². The van der Waals surface area contributed by atoms with Gasteiger partial charge in [0.05, 0.1) is 0 Å². The first-order chi connectivity index (χ1) is 9.09. The molecule has 3 rings (SSSR count). The van der Waals surface area contributed by atoms with Gasteiger partial charge in [-0.3, -0.25) is 4.79 Å². The van der Waals surface area contributed by atoms with Crippen LogP contribution in [0.3, 0.4) is 0 Å². The molecule has 1 unspecified atom stereocenters. The van der Waals surface area contributed by atoms with E-state index < -0.39 is 0 Å². The molecule has 0 amide bonds. The molecule has 1 aromatic carbocycles. The lowest BCUT2D eigenvalue weighted by molar-refractivity contribution is 0.103. The van der Waals surface area contributed by atoms with Crippen LogP contribution >= 0.6 is 9.47 Å². The topological polar surface area (TPSA) is 37.3 Å². The van der Waals surface area contributed by atoms with Gasteiger partial charge in [-0.25, -0.2) is 0 Å². The first kappa shape index (κ1) is 13.9. The number of hydrogen-bond acceptors (Lipinski definition) is 2. The van der Waals surface area contributed by atoms with Crippen LogP contribution in [0.4, 0.5) is 0 Å². The summed E-state index contributed by atoms with van der Waals surface area (Å²) in [4.78, 5) is 19.3. The number of benzene rings is 2. The quantitative estimate of drug-likeness (QED) is 0.571. The maximum absolute atomic E-state index is 12.4. The van der Waals surface area contributed by atoms with Crippen LogP contribution in [-0.2, 0) is 0 Å². The average molecular weight is 272 g/mol. The molecule has 0 fully saturated rings. The van der Waals surface area contributed by atoms with Gasteiger partial charge >= 0.3 is 0 Å². The fraction of sp³-hybridized carbons (Fsp3) is 0.188. The van der Waals surface area contributed by atoms with Gasteiger partial charge in [0.15, 0.2) is 5.78 Å². The minimum absolute atomic E-state index is 0.161. The standard InChI is InChI=1S/C16H14O.H3OP/c1-9-4-6-13(11(3)10(9)2)16(17)15-8-12-5-7-14(12)15;1-2/h4-8H,1-3H3;1H,2H2. The minimum Gasteiger partial charge on any atom is -0.380 e. The van der Waals surface area contributed by atoms with Crippen molar-refractivity contribution in [3.05, 3.63) is 58.1 Å². The van der Waals surface area contributed by atoms with Crippen molar-refractivity contribution in [2.24, 2.45) is 0 Å². The normalized spacial score (nSPS) is 10.6. The predicted octanol–water partition coefficient (Wildman–Crippen LogP) is 3.59. The first-order valence-electron chi connectivity index (χ1n) is 6.11. The Labute approximate surface area is 115 Å². The summed E-state index contributed by atoms with van der Waals surface area (Å²) in [5, 5.41) is 0. The summed E-state index contributed by atoms with van der Waals surface area (Å²) in [7, 11) is 1.42. The lowest BCUT2D eigenvalue weighted by atomic mass is 9.81. The van der Waals surface area contributed by atoms with Crippen LogP contribution in [0, 0.1) is 20.8 Å². The van der Waals surface area contributed by atoms with Gasteiger partial charge in [-0.2, -0.15) is 0 Å². The lowest BCUT2D eigenvalue weighted by Crippen LogP contribution is -2.11. The highest BCUT2D eigenvalue weighted by Crippen LogP contribution is 2.38. The zero-order chi connectivity index (χ0) is 14.2. The molecule has 98 valence electrons. The van der Waals surface area contributed by atoms with Crippen LogP contribution in [-0.4, -0.2) is 10.7 Å². The second-order valence-corrected chi connectivity index (χ2v) is 4.77. The lowest BCUT2D eigenvalue weighted by Gasteiger charge is -2.21. The molecule has 0 heterocycles. The zero-order valence-electron chi connectivity index (χ0n) is 11.3. The van der Waals surface area contributed by atoms with Crippen molar-refractivity contribution in [2.45, 2.75) is 20.8 Å². The van der Waals surface area contributed by atoms with Crippen molar-refractivity contribution in [1.82, 2.24) is 0 Å². The fourth-order valence-electron chi connectivity index (χ4n) is 2.32. The Hall–Kier alpha value is -1.50. The third-order valence-electron chi connectivity index (χ3n) is 3.88. The zero-order valence-corrected chi connectivity index (χ0v) is 12.5. The van der Waals surface area contributed by atoms with Crippen molar-refractivity contribution in [1.29, 1.82) is 0 Å². The molecule has 0 aliphatic heterocycles. The summed E-state index contributed by atoms with van der Waals surface area (Å²) in [6.45, 7) is 6.18. The molecule has 0 bridgehead atoms. The predicted molar refractivity (Wildman–Crippen MR) is 81.5 cm³/mol. The van der Waals surface area contributed by atoms with Gasteiger partial charge in [-0.15, -0.1) is 0 Å². The fourth-order valence-corrected chi connectivity index (χ4v) is 2.32. The summed E-state index contributed by atoms with van der Waals surface area (Å²) in [6.07, 6.45) is 0. The van der Waals surface area contributed by atoms with Gasteiger partial charge in [-0.1, -0.05) is 24.3 Å². The monoisotopic (exact) mass is 272 g/mol. The smallest absolute Gasteiger partial charge is 0.193 e. The van der Waals surface area contributed by atoms with Crippen LogP contribution in [0.2, 0.25) is 0 Å². The number of rotatable bonds is 2. The number of ketones is 1. The molecule has 0 spiro atoms. The van der Waals surface area contributed by atoms with Gasteiger partial charge in [0.25, 0.3) is 0 Å². The van der Waals surface area contributed by atoms with E-state index in [1.807, 2.05) is 37.3 Å². The third kappa shape index (κ3) is 2.11. The van der Waals surface area contributed by atoms with E-state index in [0.717, 1.165) is 22.3 Å². The summed E-state index contributed by atoms with van der Waals surface area (Å²) < 4.78 is 0. The molecule has 19 heavy (non-hydrogen) atoms. The summed E-state index contributed by atoms with van der Waals surface area (Å²) in [5.41, 5.74) is 7.62. The summed E-state index contributed by atoms with van der Waals surface area (Å²) in [6, 6.07) is 10.0. The van der Waals surface area contributed by atoms with E-state index in [2.05, 4.69) is 13.8 Å². The Bertz CT molecular complexity index is 660. The van der Waals surface area contributed by atoms with Crippen LogP contribution in [0.1, 0.15) is 32.6 Å².